The molecule has 14 heteroatoms. The van der Waals surface area contributed by atoms with Crippen molar-refractivity contribution in [2.45, 2.75) is 0 Å². The van der Waals surface area contributed by atoms with E-state index in [9.17, 15) is 0 Å². The maximum Gasteiger partial charge on any atom is 0.162 e. The summed E-state index contributed by atoms with van der Waals surface area (Å²) in [6.45, 7) is 0. The zero-order valence-electron chi connectivity index (χ0n) is 64.7. The van der Waals surface area contributed by atoms with Crippen molar-refractivity contribution in [1.82, 2.24) is 69.8 Å². The van der Waals surface area contributed by atoms with Crippen molar-refractivity contribution >= 4 is 0 Å². The van der Waals surface area contributed by atoms with Crippen molar-refractivity contribution in [3.05, 3.63) is 425 Å². The SMILES string of the molecule is c1ccc(-c2cc(-c3cc(-c4nc(-c5ccccc5)cc(-c5ccccc5)n4)ccn3)nc(-c3cc(-c4nc(-c5ccccc5)cc(-c5ccccc5)n4)ccn3)c2)cc1.c1ccc(-c2cc(-c3cc(-c4nc(-c5ccccc5)cc(-c5ccccc5)n4)ccn3)nc(-c3ncccc3-c3nc(-c4ccccc4)cc(-c4ccccc4)n3)c2)cc1. The summed E-state index contributed by atoms with van der Waals surface area (Å²) in [6.07, 6.45) is 7.17. The van der Waals surface area contributed by atoms with Gasteiger partial charge in [0, 0.05) is 91.5 Å². The molecule has 20 aromatic rings. The van der Waals surface area contributed by atoms with Gasteiger partial charge in [-0.25, -0.2) is 49.8 Å². The zero-order chi connectivity index (χ0) is 80.2. The molecule has 0 aliphatic rings. The topological polar surface area (TPSA) is 180 Å². The quantitative estimate of drug-likeness (QED) is 0.0791. The highest BCUT2D eigenvalue weighted by Crippen LogP contribution is 2.39. The van der Waals surface area contributed by atoms with Gasteiger partial charge in [-0.1, -0.05) is 303 Å². The third kappa shape index (κ3) is 16.6. The molecule has 0 bridgehead atoms. The monoisotopic (exact) mass is 1540 g/mol. The van der Waals surface area contributed by atoms with Crippen LogP contribution in [0.4, 0.5) is 0 Å². The third-order valence-electron chi connectivity index (χ3n) is 20.5. The molecule has 14 nitrogen and oxygen atoms in total. The Balaban J connectivity index is 0.000000159. The van der Waals surface area contributed by atoms with Crippen molar-refractivity contribution in [1.29, 1.82) is 0 Å². The van der Waals surface area contributed by atoms with Crippen molar-refractivity contribution in [2.24, 2.45) is 0 Å². The molecule has 10 aromatic carbocycles. The van der Waals surface area contributed by atoms with Gasteiger partial charge >= 0.3 is 0 Å². The lowest BCUT2D eigenvalue weighted by atomic mass is 10.0. The van der Waals surface area contributed by atoms with Gasteiger partial charge in [0.05, 0.1) is 91.1 Å². The van der Waals surface area contributed by atoms with E-state index >= 15 is 0 Å². The fourth-order valence-corrected chi connectivity index (χ4v) is 14.4. The Hall–Kier alpha value is -16.6. The fraction of sp³-hybridized carbons (Fsp3) is 0. The van der Waals surface area contributed by atoms with E-state index in [0.29, 0.717) is 68.8 Å². The second-order valence-electron chi connectivity index (χ2n) is 28.4. The predicted molar refractivity (Wildman–Crippen MR) is 480 cm³/mol. The molecule has 564 valence electrons. The number of pyridine rings is 6. The zero-order valence-corrected chi connectivity index (χ0v) is 64.7. The van der Waals surface area contributed by atoms with Crippen molar-refractivity contribution < 1.29 is 0 Å². The first-order chi connectivity index (χ1) is 59.4. The number of nitrogens with zero attached hydrogens (tertiary/aromatic N) is 14. The van der Waals surface area contributed by atoms with Crippen LogP contribution in [0.1, 0.15) is 0 Å². The molecular weight excluding hydrogens is 1470 g/mol. The minimum atomic E-state index is 0.552. The largest absolute Gasteiger partial charge is 0.255 e. The van der Waals surface area contributed by atoms with E-state index < -0.39 is 0 Å². The summed E-state index contributed by atoms with van der Waals surface area (Å²) in [5, 5.41) is 0. The predicted octanol–water partition coefficient (Wildman–Crippen LogP) is 24.9. The van der Waals surface area contributed by atoms with Crippen LogP contribution in [0.15, 0.2) is 425 Å². The van der Waals surface area contributed by atoms with E-state index in [4.69, 9.17) is 69.8 Å². The van der Waals surface area contributed by atoms with Crippen LogP contribution in [0.5, 0.6) is 0 Å². The summed E-state index contributed by atoms with van der Waals surface area (Å²) in [7, 11) is 0. The minimum Gasteiger partial charge on any atom is -0.255 e. The Bertz CT molecular complexity index is 6570. The molecule has 0 amide bonds. The first-order valence-electron chi connectivity index (χ1n) is 39.4. The van der Waals surface area contributed by atoms with Gasteiger partial charge < -0.3 is 0 Å². The molecule has 120 heavy (non-hydrogen) atoms. The van der Waals surface area contributed by atoms with Gasteiger partial charge in [0.25, 0.3) is 0 Å². The minimum absolute atomic E-state index is 0.552. The van der Waals surface area contributed by atoms with Gasteiger partial charge in [-0.3, -0.25) is 19.9 Å². The maximum atomic E-state index is 5.29. The molecule has 0 radical (unpaired) electrons. The summed E-state index contributed by atoms with van der Waals surface area (Å²) in [5.74, 6) is 2.34. The molecule has 0 N–H and O–H groups in total. The first-order valence-corrected chi connectivity index (χ1v) is 39.4. The number of hydrogen-bond acceptors (Lipinski definition) is 14. The fourth-order valence-electron chi connectivity index (χ4n) is 14.4. The number of hydrogen-bond donors (Lipinski definition) is 0. The van der Waals surface area contributed by atoms with Gasteiger partial charge in [0.1, 0.15) is 0 Å². The van der Waals surface area contributed by atoms with Gasteiger partial charge in [0.2, 0.25) is 0 Å². The highest BCUT2D eigenvalue weighted by molar-refractivity contribution is 5.85. The number of benzene rings is 10. The van der Waals surface area contributed by atoms with Crippen molar-refractivity contribution in [2.75, 3.05) is 0 Å². The van der Waals surface area contributed by atoms with Crippen LogP contribution in [0, 0.1) is 0 Å². The first kappa shape index (κ1) is 73.6. The Morgan fingerprint density at radius 3 is 0.592 bits per heavy atom. The van der Waals surface area contributed by atoms with Gasteiger partial charge in [-0.2, -0.15) is 0 Å². The number of aromatic nitrogens is 14. The highest BCUT2D eigenvalue weighted by Gasteiger charge is 2.22. The van der Waals surface area contributed by atoms with Crippen LogP contribution in [-0.2, 0) is 0 Å². The third-order valence-corrected chi connectivity index (χ3v) is 20.5. The summed E-state index contributed by atoms with van der Waals surface area (Å²) < 4.78 is 0. The van der Waals surface area contributed by atoms with Crippen molar-refractivity contribution in [3.63, 3.8) is 0 Å². The molecule has 20 rings (SSSR count). The molecule has 0 saturated heterocycles. The molecule has 10 aromatic heterocycles. The lowest BCUT2D eigenvalue weighted by molar-refractivity contribution is 1.16. The molecule has 0 saturated carbocycles. The molecule has 10 heterocycles. The van der Waals surface area contributed by atoms with E-state index in [1.54, 1.807) is 24.8 Å². The lowest BCUT2D eigenvalue weighted by Crippen LogP contribution is -2.00. The van der Waals surface area contributed by atoms with E-state index in [1.165, 1.54) is 0 Å². The molecule has 0 aliphatic carbocycles. The highest BCUT2D eigenvalue weighted by atomic mass is 14.9. The second-order valence-corrected chi connectivity index (χ2v) is 28.4. The van der Waals surface area contributed by atoms with E-state index in [2.05, 4.69) is 146 Å². The van der Waals surface area contributed by atoms with E-state index in [-0.39, 0.29) is 0 Å². The van der Waals surface area contributed by atoms with Gasteiger partial charge in [0.15, 0.2) is 23.3 Å². The molecule has 0 atom stereocenters. The Labute approximate surface area is 694 Å². The average molecular weight is 1540 g/mol. The number of rotatable bonds is 18. The maximum absolute atomic E-state index is 5.29. The van der Waals surface area contributed by atoms with Gasteiger partial charge in [-0.15, -0.1) is 0 Å². The van der Waals surface area contributed by atoms with Crippen LogP contribution in [0.3, 0.4) is 0 Å². The summed E-state index contributed by atoms with van der Waals surface area (Å²) in [6, 6.07) is 134. The molecule has 0 fully saturated rings. The van der Waals surface area contributed by atoms with Crippen LogP contribution < -0.4 is 0 Å². The van der Waals surface area contributed by atoms with E-state index in [0.717, 1.165) is 135 Å². The second kappa shape index (κ2) is 34.2. The average Bonchev–Trinajstić information content (AvgIpc) is 0.801. The van der Waals surface area contributed by atoms with Crippen LogP contribution >= 0.6 is 0 Å². The molecular formula is C106H70N14. The Morgan fingerprint density at radius 2 is 0.333 bits per heavy atom. The van der Waals surface area contributed by atoms with Crippen LogP contribution in [-0.4, -0.2) is 69.8 Å². The van der Waals surface area contributed by atoms with Crippen LogP contribution in [0.2, 0.25) is 0 Å². The lowest BCUT2D eigenvalue weighted by Gasteiger charge is -2.14. The molecule has 0 spiro atoms. The standard InChI is InChI=1S/2C53H35N7/c1-6-17-36(18-7-1)42-32-49(48-31-41(28-30-54-48)52-57-44(37-19-8-2-9-20-37)34-45(58-52)38-21-10-3-11-22-38)56-50(33-42)51-43(27-16-29-55-51)53-59-46(39-23-12-4-13-24-39)35-47(60-53)40-25-14-5-15-26-40;1-6-16-36(17-7-1)43-32-50(48-30-41(26-28-54-48)52-57-44(37-18-8-2-9-19-37)34-45(58-52)38-20-10-3-11-21-38)56-51(33-43)49-31-42(27-29-55-49)53-59-46(39-22-12-4-13-23-39)35-47(60-53)40-24-14-5-15-25-40/h2*1-35H. The van der Waals surface area contributed by atoms with Gasteiger partial charge in [-0.05, 0) is 119 Å². The molecule has 0 unspecified atom stereocenters. The smallest absolute Gasteiger partial charge is 0.162 e. The Kier molecular flexibility index (Phi) is 21.0. The summed E-state index contributed by atoms with van der Waals surface area (Å²) in [4.78, 5) is 70.8. The van der Waals surface area contributed by atoms with Crippen molar-refractivity contribution in [3.8, 4) is 203 Å². The summed E-state index contributed by atoms with van der Waals surface area (Å²) in [5.41, 5.74) is 27.4. The Morgan fingerprint density at radius 1 is 0.117 bits per heavy atom. The van der Waals surface area contributed by atoms with Crippen LogP contribution in [0.25, 0.3) is 203 Å². The summed E-state index contributed by atoms with van der Waals surface area (Å²) >= 11 is 0. The molecule has 0 aliphatic heterocycles. The van der Waals surface area contributed by atoms with E-state index in [1.807, 2.05) is 255 Å². The normalized spacial score (nSPS) is 11.0.